The summed E-state index contributed by atoms with van der Waals surface area (Å²) in [5.74, 6) is 1.64. The van der Waals surface area contributed by atoms with E-state index < -0.39 is 0 Å². The number of rotatable bonds is 2. The van der Waals surface area contributed by atoms with E-state index in [9.17, 15) is 4.79 Å². The van der Waals surface area contributed by atoms with E-state index in [1.807, 2.05) is 0 Å². The fraction of sp³-hybridized carbons (Fsp3) is 0.923. The maximum atomic E-state index is 12.2. The van der Waals surface area contributed by atoms with Gasteiger partial charge in [0.05, 0.1) is 0 Å². The van der Waals surface area contributed by atoms with Crippen molar-refractivity contribution in [2.75, 3.05) is 19.6 Å². The first-order valence-electron chi connectivity index (χ1n) is 6.67. The average molecular weight is 224 g/mol. The molecule has 3 unspecified atom stereocenters. The van der Waals surface area contributed by atoms with Crippen molar-refractivity contribution in [3.63, 3.8) is 0 Å². The van der Waals surface area contributed by atoms with E-state index in [4.69, 9.17) is 0 Å². The van der Waals surface area contributed by atoms with Crippen molar-refractivity contribution in [1.29, 1.82) is 0 Å². The maximum absolute atomic E-state index is 12.2. The lowest BCUT2D eigenvalue weighted by atomic mass is 9.95. The zero-order valence-electron chi connectivity index (χ0n) is 10.5. The number of piperidine rings is 1. The number of nitrogens with zero attached hydrogens (tertiary/aromatic N) is 1. The van der Waals surface area contributed by atoms with Crippen LogP contribution in [0.5, 0.6) is 0 Å². The molecular formula is C13H24N2O. The Balaban J connectivity index is 1.82. The molecule has 2 aliphatic rings. The zero-order chi connectivity index (χ0) is 11.5. The van der Waals surface area contributed by atoms with Gasteiger partial charge in [0.25, 0.3) is 0 Å². The Hall–Kier alpha value is -0.570. The number of nitrogens with one attached hydrogen (secondary N) is 1. The van der Waals surface area contributed by atoms with Gasteiger partial charge in [-0.05, 0) is 51.1 Å². The van der Waals surface area contributed by atoms with Gasteiger partial charge in [0.15, 0.2) is 0 Å². The van der Waals surface area contributed by atoms with Gasteiger partial charge >= 0.3 is 0 Å². The molecule has 1 N–H and O–H groups in total. The van der Waals surface area contributed by atoms with Gasteiger partial charge in [0, 0.05) is 19.0 Å². The van der Waals surface area contributed by atoms with Gasteiger partial charge in [-0.2, -0.15) is 0 Å². The number of likely N-dealkylation sites (tertiary alicyclic amines) is 1. The van der Waals surface area contributed by atoms with Crippen LogP contribution in [0.4, 0.5) is 0 Å². The number of amides is 1. The molecule has 2 rings (SSSR count). The zero-order valence-corrected chi connectivity index (χ0v) is 10.5. The van der Waals surface area contributed by atoms with Gasteiger partial charge in [-0.15, -0.1) is 0 Å². The second-order valence-electron chi connectivity index (χ2n) is 5.65. The third-order valence-electron chi connectivity index (χ3n) is 3.97. The second kappa shape index (κ2) is 5.17. The van der Waals surface area contributed by atoms with Crippen molar-refractivity contribution in [3.8, 4) is 0 Å². The molecule has 0 aromatic carbocycles. The molecule has 3 heteroatoms. The quantitative estimate of drug-likeness (QED) is 0.773. The topological polar surface area (TPSA) is 32.3 Å². The predicted molar refractivity (Wildman–Crippen MR) is 65.2 cm³/mol. The standard InChI is InChI=1S/C13H24N2O/c1-10-6-11(2)15(9-10)13(16)7-12-4-3-5-14-8-12/h10-12,14H,3-9H2,1-2H3. The van der Waals surface area contributed by atoms with Crippen LogP contribution in [-0.2, 0) is 4.79 Å². The van der Waals surface area contributed by atoms with E-state index in [2.05, 4.69) is 24.1 Å². The molecule has 16 heavy (non-hydrogen) atoms. The summed E-state index contributed by atoms with van der Waals surface area (Å²) in [7, 11) is 0. The summed E-state index contributed by atoms with van der Waals surface area (Å²) in [4.78, 5) is 14.3. The van der Waals surface area contributed by atoms with E-state index in [-0.39, 0.29) is 0 Å². The minimum absolute atomic E-state index is 0.380. The number of hydrogen-bond donors (Lipinski definition) is 1. The Morgan fingerprint density at radius 3 is 2.81 bits per heavy atom. The molecule has 2 saturated heterocycles. The van der Waals surface area contributed by atoms with E-state index >= 15 is 0 Å². The lowest BCUT2D eigenvalue weighted by molar-refractivity contribution is -0.133. The molecule has 1 amide bonds. The highest BCUT2D eigenvalue weighted by Gasteiger charge is 2.31. The van der Waals surface area contributed by atoms with Gasteiger partial charge in [-0.1, -0.05) is 6.92 Å². The molecule has 0 bridgehead atoms. The number of hydrogen-bond acceptors (Lipinski definition) is 2. The molecule has 0 spiro atoms. The van der Waals surface area contributed by atoms with Crippen LogP contribution < -0.4 is 5.32 Å². The number of carbonyl (C=O) groups excluding carboxylic acids is 1. The maximum Gasteiger partial charge on any atom is 0.223 e. The van der Waals surface area contributed by atoms with Crippen LogP contribution in [0.15, 0.2) is 0 Å². The normalized spacial score (nSPS) is 35.4. The Morgan fingerprint density at radius 1 is 1.44 bits per heavy atom. The van der Waals surface area contributed by atoms with Crippen LogP contribution in [0.1, 0.15) is 39.5 Å². The lowest BCUT2D eigenvalue weighted by Crippen LogP contribution is -2.38. The molecule has 0 aromatic heterocycles. The van der Waals surface area contributed by atoms with Crippen molar-refractivity contribution in [2.24, 2.45) is 11.8 Å². The molecule has 2 fully saturated rings. The minimum Gasteiger partial charge on any atom is -0.340 e. The lowest BCUT2D eigenvalue weighted by Gasteiger charge is -2.27. The first-order valence-corrected chi connectivity index (χ1v) is 6.67. The van der Waals surface area contributed by atoms with E-state index in [0.717, 1.165) is 26.1 Å². The summed E-state index contributed by atoms with van der Waals surface area (Å²) >= 11 is 0. The van der Waals surface area contributed by atoms with E-state index in [1.165, 1.54) is 19.3 Å². The molecule has 0 radical (unpaired) electrons. The van der Waals surface area contributed by atoms with Crippen LogP contribution in [0, 0.1) is 11.8 Å². The highest BCUT2D eigenvalue weighted by atomic mass is 16.2. The summed E-state index contributed by atoms with van der Waals surface area (Å²) < 4.78 is 0. The van der Waals surface area contributed by atoms with Crippen molar-refractivity contribution in [3.05, 3.63) is 0 Å². The molecule has 3 atom stereocenters. The molecule has 0 aromatic rings. The SMILES string of the molecule is CC1CC(C)N(C(=O)CC2CCCNC2)C1. The van der Waals surface area contributed by atoms with Gasteiger partial charge in [0.2, 0.25) is 5.91 Å². The average Bonchev–Trinajstić information content (AvgIpc) is 2.59. The minimum atomic E-state index is 0.380. The molecule has 2 aliphatic heterocycles. The van der Waals surface area contributed by atoms with Gasteiger partial charge in [-0.25, -0.2) is 0 Å². The van der Waals surface area contributed by atoms with E-state index in [0.29, 0.717) is 23.8 Å². The van der Waals surface area contributed by atoms with Crippen LogP contribution in [0.3, 0.4) is 0 Å². The highest BCUT2D eigenvalue weighted by Crippen LogP contribution is 2.25. The Bertz CT molecular complexity index is 248. The Kier molecular flexibility index (Phi) is 3.85. The molecule has 0 aliphatic carbocycles. The molecule has 2 heterocycles. The first kappa shape index (κ1) is 11.9. The molecule has 0 saturated carbocycles. The van der Waals surface area contributed by atoms with Gasteiger partial charge in [0.1, 0.15) is 0 Å². The molecule has 3 nitrogen and oxygen atoms in total. The second-order valence-corrected chi connectivity index (χ2v) is 5.65. The Labute approximate surface area is 98.6 Å². The van der Waals surface area contributed by atoms with Crippen LogP contribution >= 0.6 is 0 Å². The van der Waals surface area contributed by atoms with Crippen LogP contribution in [0.2, 0.25) is 0 Å². The largest absolute Gasteiger partial charge is 0.340 e. The van der Waals surface area contributed by atoms with Gasteiger partial charge < -0.3 is 10.2 Å². The fourth-order valence-electron chi connectivity index (χ4n) is 3.11. The summed E-state index contributed by atoms with van der Waals surface area (Å²) in [5.41, 5.74) is 0. The van der Waals surface area contributed by atoms with Crippen molar-refractivity contribution in [2.45, 2.75) is 45.6 Å². The predicted octanol–water partition coefficient (Wildman–Crippen LogP) is 1.63. The Morgan fingerprint density at radius 2 is 2.25 bits per heavy atom. The van der Waals surface area contributed by atoms with Crippen LogP contribution in [-0.4, -0.2) is 36.5 Å². The molecular weight excluding hydrogens is 200 g/mol. The number of carbonyl (C=O) groups is 1. The highest BCUT2D eigenvalue weighted by molar-refractivity contribution is 5.77. The van der Waals surface area contributed by atoms with Crippen molar-refractivity contribution < 1.29 is 4.79 Å². The third kappa shape index (κ3) is 2.76. The van der Waals surface area contributed by atoms with Crippen molar-refractivity contribution in [1.82, 2.24) is 10.2 Å². The summed E-state index contributed by atoms with van der Waals surface area (Å²) in [6, 6.07) is 0.457. The van der Waals surface area contributed by atoms with Crippen molar-refractivity contribution >= 4 is 5.91 Å². The fourth-order valence-corrected chi connectivity index (χ4v) is 3.11. The third-order valence-corrected chi connectivity index (χ3v) is 3.97. The first-order chi connectivity index (χ1) is 7.66. The monoisotopic (exact) mass is 224 g/mol. The molecule has 92 valence electrons. The smallest absolute Gasteiger partial charge is 0.223 e. The van der Waals surface area contributed by atoms with Gasteiger partial charge in [-0.3, -0.25) is 4.79 Å². The summed E-state index contributed by atoms with van der Waals surface area (Å²) in [6.45, 7) is 7.55. The summed E-state index contributed by atoms with van der Waals surface area (Å²) in [5, 5.41) is 3.38. The van der Waals surface area contributed by atoms with E-state index in [1.54, 1.807) is 0 Å². The summed E-state index contributed by atoms with van der Waals surface area (Å²) in [6.07, 6.45) is 4.37. The van der Waals surface area contributed by atoms with Crippen LogP contribution in [0.25, 0.3) is 0 Å².